The van der Waals surface area contributed by atoms with Crippen molar-refractivity contribution >= 4 is 0 Å². The molecule has 1 N–H and O–H groups in total. The third-order valence-electron chi connectivity index (χ3n) is 3.61. The molecule has 0 aromatic rings. The summed E-state index contributed by atoms with van der Waals surface area (Å²) in [5.74, 6) is 0.738. The van der Waals surface area contributed by atoms with E-state index in [1.807, 2.05) is 0 Å². The van der Waals surface area contributed by atoms with Crippen LogP contribution in [0.25, 0.3) is 0 Å². The summed E-state index contributed by atoms with van der Waals surface area (Å²) >= 11 is 0. The van der Waals surface area contributed by atoms with Gasteiger partial charge in [0.2, 0.25) is 0 Å². The standard InChI is InChI=1S/C10H16N2O/c1-8-6-10(13-11-8)7-12-4-2-9(10)3-5-12/h6,9,11H,2-5,7H2,1H3. The predicted molar refractivity (Wildman–Crippen MR) is 49.9 cm³/mol. The van der Waals surface area contributed by atoms with Crippen LogP contribution in [0.5, 0.6) is 0 Å². The number of rotatable bonds is 0. The van der Waals surface area contributed by atoms with E-state index in [1.54, 1.807) is 0 Å². The zero-order chi connectivity index (χ0) is 8.89. The van der Waals surface area contributed by atoms with E-state index in [9.17, 15) is 0 Å². The van der Waals surface area contributed by atoms with Crippen LogP contribution in [-0.2, 0) is 4.84 Å². The van der Waals surface area contributed by atoms with E-state index in [2.05, 4.69) is 23.4 Å². The minimum Gasteiger partial charge on any atom is -0.300 e. The first-order valence-corrected chi connectivity index (χ1v) is 5.14. The number of fused-ring (bicyclic) bond motifs is 2. The number of piperidine rings is 3. The molecule has 0 aromatic heterocycles. The molecule has 3 heteroatoms. The second-order valence-corrected chi connectivity index (χ2v) is 4.54. The van der Waals surface area contributed by atoms with E-state index in [4.69, 9.17) is 4.84 Å². The Bertz CT molecular complexity index is 256. The summed E-state index contributed by atoms with van der Waals surface area (Å²) in [6.45, 7) is 5.69. The van der Waals surface area contributed by atoms with Crippen LogP contribution in [0.2, 0.25) is 0 Å². The minimum absolute atomic E-state index is 0.0145. The van der Waals surface area contributed by atoms with Gasteiger partial charge in [-0.2, -0.15) is 0 Å². The second kappa shape index (κ2) is 2.49. The van der Waals surface area contributed by atoms with Crippen molar-refractivity contribution in [3.63, 3.8) is 0 Å². The Morgan fingerprint density at radius 2 is 2.31 bits per heavy atom. The minimum atomic E-state index is 0.0145. The Kier molecular flexibility index (Phi) is 1.50. The highest BCUT2D eigenvalue weighted by atomic mass is 16.7. The molecule has 0 aromatic carbocycles. The summed E-state index contributed by atoms with van der Waals surface area (Å²) in [6.07, 6.45) is 4.87. The highest BCUT2D eigenvalue weighted by molar-refractivity contribution is 5.18. The van der Waals surface area contributed by atoms with Gasteiger partial charge in [-0.1, -0.05) is 0 Å². The lowest BCUT2D eigenvalue weighted by Crippen LogP contribution is -2.58. The van der Waals surface area contributed by atoms with Gasteiger partial charge in [-0.3, -0.25) is 15.2 Å². The van der Waals surface area contributed by atoms with Gasteiger partial charge in [-0.15, -0.1) is 0 Å². The molecule has 13 heavy (non-hydrogen) atoms. The molecular formula is C10H16N2O. The van der Waals surface area contributed by atoms with Crippen molar-refractivity contribution in [2.24, 2.45) is 5.92 Å². The molecule has 3 fully saturated rings. The first-order chi connectivity index (χ1) is 6.28. The molecule has 4 aliphatic rings. The number of hydrogen-bond acceptors (Lipinski definition) is 3. The van der Waals surface area contributed by atoms with Crippen molar-refractivity contribution in [2.75, 3.05) is 19.6 Å². The van der Waals surface area contributed by atoms with Crippen molar-refractivity contribution in [2.45, 2.75) is 25.4 Å². The van der Waals surface area contributed by atoms with Crippen LogP contribution in [0.4, 0.5) is 0 Å². The first-order valence-electron chi connectivity index (χ1n) is 5.14. The summed E-state index contributed by atoms with van der Waals surface area (Å²) < 4.78 is 0. The van der Waals surface area contributed by atoms with Gasteiger partial charge in [0.1, 0.15) is 5.60 Å². The Morgan fingerprint density at radius 3 is 2.77 bits per heavy atom. The van der Waals surface area contributed by atoms with E-state index in [1.165, 1.54) is 31.6 Å². The lowest BCUT2D eigenvalue weighted by Gasteiger charge is -2.49. The molecule has 3 nitrogen and oxygen atoms in total. The number of hydroxylamine groups is 1. The summed E-state index contributed by atoms with van der Waals surface area (Å²) in [6, 6.07) is 0. The number of hydrogen-bond donors (Lipinski definition) is 1. The molecule has 0 saturated carbocycles. The van der Waals surface area contributed by atoms with E-state index in [0.29, 0.717) is 0 Å². The number of nitrogens with one attached hydrogen (secondary N) is 1. The molecule has 4 rings (SSSR count). The third-order valence-corrected chi connectivity index (χ3v) is 3.61. The summed E-state index contributed by atoms with van der Waals surface area (Å²) in [7, 11) is 0. The zero-order valence-electron chi connectivity index (χ0n) is 8.05. The summed E-state index contributed by atoms with van der Waals surface area (Å²) in [4.78, 5) is 8.25. The van der Waals surface area contributed by atoms with Gasteiger partial charge in [0.05, 0.1) is 0 Å². The molecule has 2 bridgehead atoms. The highest BCUT2D eigenvalue weighted by Gasteiger charge is 2.49. The van der Waals surface area contributed by atoms with Gasteiger partial charge >= 0.3 is 0 Å². The van der Waals surface area contributed by atoms with Crippen LogP contribution in [0, 0.1) is 5.92 Å². The quantitative estimate of drug-likeness (QED) is 0.599. The molecule has 1 unspecified atom stereocenters. The van der Waals surface area contributed by atoms with E-state index >= 15 is 0 Å². The van der Waals surface area contributed by atoms with Crippen LogP contribution < -0.4 is 5.48 Å². The lowest BCUT2D eigenvalue weighted by atomic mass is 9.75. The predicted octanol–water partition coefficient (Wildman–Crippen LogP) is 0.889. The van der Waals surface area contributed by atoms with Crippen LogP contribution in [0.15, 0.2) is 11.8 Å². The average Bonchev–Trinajstić information content (AvgIpc) is 2.49. The average molecular weight is 180 g/mol. The molecule has 0 radical (unpaired) electrons. The van der Waals surface area contributed by atoms with Crippen LogP contribution in [-0.4, -0.2) is 30.1 Å². The molecule has 4 heterocycles. The first kappa shape index (κ1) is 7.83. The highest BCUT2D eigenvalue weighted by Crippen LogP contribution is 2.41. The molecule has 72 valence electrons. The van der Waals surface area contributed by atoms with Crippen molar-refractivity contribution in [3.05, 3.63) is 11.8 Å². The van der Waals surface area contributed by atoms with Crippen LogP contribution >= 0.6 is 0 Å². The maximum atomic E-state index is 5.74. The summed E-state index contributed by atoms with van der Waals surface area (Å²) in [5.41, 5.74) is 4.19. The van der Waals surface area contributed by atoms with Gasteiger partial charge in [0.25, 0.3) is 0 Å². The fourth-order valence-corrected chi connectivity index (χ4v) is 2.94. The monoisotopic (exact) mass is 180 g/mol. The van der Waals surface area contributed by atoms with Crippen molar-refractivity contribution in [3.8, 4) is 0 Å². The van der Waals surface area contributed by atoms with Crippen LogP contribution in [0.1, 0.15) is 19.8 Å². The fourth-order valence-electron chi connectivity index (χ4n) is 2.94. The van der Waals surface area contributed by atoms with E-state index in [-0.39, 0.29) is 5.60 Å². The molecule has 0 amide bonds. The lowest BCUT2D eigenvalue weighted by molar-refractivity contribution is -0.138. The second-order valence-electron chi connectivity index (χ2n) is 4.54. The Morgan fingerprint density at radius 1 is 1.54 bits per heavy atom. The van der Waals surface area contributed by atoms with Gasteiger partial charge in [-0.05, 0) is 44.8 Å². The Labute approximate surface area is 78.7 Å². The normalized spacial score (nSPS) is 47.9. The third kappa shape index (κ3) is 1.04. The van der Waals surface area contributed by atoms with Gasteiger partial charge in [0, 0.05) is 12.2 Å². The van der Waals surface area contributed by atoms with Crippen LogP contribution in [0.3, 0.4) is 0 Å². The molecule has 1 spiro atoms. The van der Waals surface area contributed by atoms with Gasteiger partial charge in [-0.25, -0.2) is 0 Å². The molecule has 1 atom stereocenters. The maximum Gasteiger partial charge on any atom is 0.131 e. The fraction of sp³-hybridized carbons (Fsp3) is 0.800. The molecule has 0 aliphatic carbocycles. The molecule has 4 aliphatic heterocycles. The number of allylic oxidation sites excluding steroid dienone is 1. The molecular weight excluding hydrogens is 164 g/mol. The Hall–Kier alpha value is -0.540. The smallest absolute Gasteiger partial charge is 0.131 e. The molecule has 3 saturated heterocycles. The maximum absolute atomic E-state index is 5.74. The topological polar surface area (TPSA) is 24.5 Å². The number of nitrogens with zero attached hydrogens (tertiary/aromatic N) is 1. The zero-order valence-corrected chi connectivity index (χ0v) is 8.05. The van der Waals surface area contributed by atoms with E-state index in [0.717, 1.165) is 12.5 Å². The van der Waals surface area contributed by atoms with Crippen molar-refractivity contribution in [1.82, 2.24) is 10.4 Å². The van der Waals surface area contributed by atoms with E-state index < -0.39 is 0 Å². The van der Waals surface area contributed by atoms with Gasteiger partial charge in [0.15, 0.2) is 0 Å². The summed E-state index contributed by atoms with van der Waals surface area (Å²) in [5, 5.41) is 0. The van der Waals surface area contributed by atoms with Crippen molar-refractivity contribution < 1.29 is 4.84 Å². The largest absolute Gasteiger partial charge is 0.300 e. The van der Waals surface area contributed by atoms with Crippen molar-refractivity contribution in [1.29, 1.82) is 0 Å². The Balaban J connectivity index is 1.92. The SMILES string of the molecule is CC1=CC2(CN3CCC2CC3)ON1. The van der Waals surface area contributed by atoms with Gasteiger partial charge < -0.3 is 0 Å².